The molecule has 30 heavy (non-hydrogen) atoms. The molecule has 0 aliphatic carbocycles. The van der Waals surface area contributed by atoms with Gasteiger partial charge in [0.2, 0.25) is 10.0 Å². The number of aromatic amines is 1. The van der Waals surface area contributed by atoms with Crippen LogP contribution in [0.25, 0.3) is 10.9 Å². The van der Waals surface area contributed by atoms with Gasteiger partial charge in [-0.25, -0.2) is 8.42 Å². The van der Waals surface area contributed by atoms with E-state index in [2.05, 4.69) is 4.98 Å². The summed E-state index contributed by atoms with van der Waals surface area (Å²) in [5, 5.41) is 0.891. The molecule has 0 saturated carbocycles. The van der Waals surface area contributed by atoms with Crippen molar-refractivity contribution in [3.05, 3.63) is 75.6 Å². The fraction of sp³-hybridized carbons (Fsp3) is 0.348. The molecule has 1 aliphatic rings. The van der Waals surface area contributed by atoms with E-state index in [-0.39, 0.29) is 29.6 Å². The summed E-state index contributed by atoms with van der Waals surface area (Å²) in [5.74, 6) is 0. The van der Waals surface area contributed by atoms with Crippen molar-refractivity contribution in [3.63, 3.8) is 0 Å². The van der Waals surface area contributed by atoms with E-state index in [1.54, 1.807) is 36.4 Å². The summed E-state index contributed by atoms with van der Waals surface area (Å²) >= 11 is 0. The van der Waals surface area contributed by atoms with Gasteiger partial charge in [-0.1, -0.05) is 30.3 Å². The minimum atomic E-state index is -3.77. The minimum Gasteiger partial charge on any atom is -0.377 e. The van der Waals surface area contributed by atoms with E-state index >= 15 is 0 Å². The molecule has 3 aromatic rings. The lowest BCUT2D eigenvalue weighted by atomic mass is 10.0. The molecule has 1 aliphatic heterocycles. The average Bonchev–Trinajstić information content (AvgIpc) is 3.25. The first kappa shape index (κ1) is 20.8. The molecule has 1 N–H and O–H groups in total. The number of nitrogens with one attached hydrogen (secondary N) is 1. The standard InChI is InChI=1S/C23H26N2O4S/c1-16-10-11-18-13-19(23(26)24-22(18)17(16)2)14-25(15-20-7-6-12-29-20)30(27,28)21-8-4-3-5-9-21/h3-5,8-11,13,20H,6-7,12,14-15H2,1-2H3,(H,24,26)/t20-/m1/s1. The molecule has 0 radical (unpaired) electrons. The number of sulfonamides is 1. The highest BCUT2D eigenvalue weighted by Gasteiger charge is 2.30. The van der Waals surface area contributed by atoms with Crippen LogP contribution in [0.2, 0.25) is 0 Å². The fourth-order valence-electron chi connectivity index (χ4n) is 3.88. The van der Waals surface area contributed by atoms with E-state index in [9.17, 15) is 13.2 Å². The lowest BCUT2D eigenvalue weighted by Crippen LogP contribution is -2.38. The normalized spacial score (nSPS) is 17.1. The highest BCUT2D eigenvalue weighted by molar-refractivity contribution is 7.89. The molecule has 1 atom stereocenters. The second kappa shape index (κ2) is 8.34. The summed E-state index contributed by atoms with van der Waals surface area (Å²) in [5.41, 5.74) is 3.06. The molecule has 0 bridgehead atoms. The van der Waals surface area contributed by atoms with Crippen LogP contribution in [-0.4, -0.2) is 37.0 Å². The monoisotopic (exact) mass is 426 g/mol. The van der Waals surface area contributed by atoms with Crippen LogP contribution in [0, 0.1) is 13.8 Å². The Hall–Kier alpha value is -2.48. The minimum absolute atomic E-state index is 0.00468. The van der Waals surface area contributed by atoms with Crippen molar-refractivity contribution in [2.24, 2.45) is 0 Å². The molecule has 0 spiro atoms. The number of aromatic nitrogens is 1. The third-order valence-electron chi connectivity index (χ3n) is 5.79. The maximum atomic E-state index is 13.4. The Kier molecular flexibility index (Phi) is 5.77. The Morgan fingerprint density at radius 2 is 1.90 bits per heavy atom. The SMILES string of the molecule is Cc1ccc2cc(CN(C[C@H]3CCCO3)S(=O)(=O)c3ccccc3)c(=O)[nH]c2c1C. The lowest BCUT2D eigenvalue weighted by Gasteiger charge is -2.25. The molecule has 158 valence electrons. The zero-order valence-electron chi connectivity index (χ0n) is 17.2. The molecule has 1 aromatic heterocycles. The number of ether oxygens (including phenoxy) is 1. The zero-order valence-corrected chi connectivity index (χ0v) is 18.0. The summed E-state index contributed by atoms with van der Waals surface area (Å²) in [6.45, 7) is 4.82. The van der Waals surface area contributed by atoms with E-state index in [1.807, 2.05) is 26.0 Å². The molecule has 2 heterocycles. The number of benzene rings is 2. The quantitative estimate of drug-likeness (QED) is 0.654. The second-order valence-electron chi connectivity index (χ2n) is 7.84. The maximum Gasteiger partial charge on any atom is 0.252 e. The molecule has 2 aromatic carbocycles. The number of hydrogen-bond acceptors (Lipinski definition) is 4. The lowest BCUT2D eigenvalue weighted by molar-refractivity contribution is 0.0925. The van der Waals surface area contributed by atoms with Crippen molar-refractivity contribution >= 4 is 20.9 Å². The van der Waals surface area contributed by atoms with Crippen LogP contribution in [-0.2, 0) is 21.3 Å². The molecule has 4 rings (SSSR count). The van der Waals surface area contributed by atoms with Gasteiger partial charge < -0.3 is 9.72 Å². The van der Waals surface area contributed by atoms with Crippen LogP contribution >= 0.6 is 0 Å². The highest BCUT2D eigenvalue weighted by Crippen LogP contribution is 2.23. The van der Waals surface area contributed by atoms with Gasteiger partial charge in [0.05, 0.1) is 16.5 Å². The van der Waals surface area contributed by atoms with Gasteiger partial charge in [0.15, 0.2) is 0 Å². The van der Waals surface area contributed by atoms with E-state index in [0.29, 0.717) is 12.2 Å². The van der Waals surface area contributed by atoms with Gasteiger partial charge in [-0.2, -0.15) is 4.31 Å². The van der Waals surface area contributed by atoms with Gasteiger partial charge in [-0.3, -0.25) is 4.79 Å². The van der Waals surface area contributed by atoms with E-state index < -0.39 is 10.0 Å². The molecule has 0 unspecified atom stereocenters. The molecule has 7 heteroatoms. The van der Waals surface area contributed by atoms with E-state index in [0.717, 1.165) is 34.9 Å². The first-order valence-electron chi connectivity index (χ1n) is 10.1. The summed E-state index contributed by atoms with van der Waals surface area (Å²) in [6, 6.07) is 14.1. The van der Waals surface area contributed by atoms with Gasteiger partial charge in [-0.05, 0) is 61.4 Å². The fourth-order valence-corrected chi connectivity index (χ4v) is 5.35. The summed E-state index contributed by atoms with van der Waals surface area (Å²) in [4.78, 5) is 16.0. The van der Waals surface area contributed by atoms with Crippen molar-refractivity contribution in [3.8, 4) is 0 Å². The van der Waals surface area contributed by atoms with E-state index in [1.165, 1.54) is 4.31 Å². The Morgan fingerprint density at radius 1 is 1.13 bits per heavy atom. The first-order valence-corrected chi connectivity index (χ1v) is 11.6. The predicted molar refractivity (Wildman–Crippen MR) is 117 cm³/mol. The van der Waals surface area contributed by atoms with Crippen LogP contribution in [0.3, 0.4) is 0 Å². The van der Waals surface area contributed by atoms with Crippen LogP contribution in [0.1, 0.15) is 29.5 Å². The van der Waals surface area contributed by atoms with Crippen molar-refractivity contribution < 1.29 is 13.2 Å². The van der Waals surface area contributed by atoms with Crippen molar-refractivity contribution in [1.29, 1.82) is 0 Å². The Bertz CT molecular complexity index is 1210. The highest BCUT2D eigenvalue weighted by atomic mass is 32.2. The number of pyridine rings is 1. The maximum absolute atomic E-state index is 13.4. The number of aryl methyl sites for hydroxylation is 2. The first-order chi connectivity index (χ1) is 14.4. The molecule has 6 nitrogen and oxygen atoms in total. The Labute approximate surface area is 176 Å². The van der Waals surface area contributed by atoms with Gasteiger partial charge in [0, 0.05) is 25.3 Å². The van der Waals surface area contributed by atoms with Crippen LogP contribution in [0.5, 0.6) is 0 Å². The van der Waals surface area contributed by atoms with Crippen molar-refractivity contribution in [1.82, 2.24) is 9.29 Å². The number of nitrogens with zero attached hydrogens (tertiary/aromatic N) is 1. The molecule has 1 fully saturated rings. The van der Waals surface area contributed by atoms with Gasteiger partial charge >= 0.3 is 0 Å². The summed E-state index contributed by atoms with van der Waals surface area (Å²) in [6.07, 6.45) is 1.57. The Balaban J connectivity index is 1.74. The number of rotatable bonds is 6. The average molecular weight is 427 g/mol. The van der Waals surface area contributed by atoms with Gasteiger partial charge in [0.25, 0.3) is 5.56 Å². The van der Waals surface area contributed by atoms with Crippen molar-refractivity contribution in [2.75, 3.05) is 13.2 Å². The van der Waals surface area contributed by atoms with Crippen LogP contribution < -0.4 is 5.56 Å². The molecule has 1 saturated heterocycles. The molecular weight excluding hydrogens is 400 g/mol. The number of fused-ring (bicyclic) bond motifs is 1. The molecular formula is C23H26N2O4S. The third-order valence-corrected chi connectivity index (χ3v) is 7.61. The second-order valence-corrected chi connectivity index (χ2v) is 9.78. The number of H-pyrrole nitrogens is 1. The molecule has 0 amide bonds. The van der Waals surface area contributed by atoms with Gasteiger partial charge in [-0.15, -0.1) is 0 Å². The topological polar surface area (TPSA) is 79.5 Å². The Morgan fingerprint density at radius 3 is 2.60 bits per heavy atom. The summed E-state index contributed by atoms with van der Waals surface area (Å²) < 4.78 is 33.8. The summed E-state index contributed by atoms with van der Waals surface area (Å²) in [7, 11) is -3.77. The van der Waals surface area contributed by atoms with Crippen LogP contribution in [0.15, 0.2) is 58.2 Å². The zero-order chi connectivity index (χ0) is 21.3. The largest absolute Gasteiger partial charge is 0.377 e. The predicted octanol–water partition coefficient (Wildman–Crippen LogP) is 3.51. The van der Waals surface area contributed by atoms with E-state index in [4.69, 9.17) is 4.74 Å². The number of hydrogen-bond donors (Lipinski definition) is 1. The third kappa shape index (κ3) is 4.05. The van der Waals surface area contributed by atoms with Gasteiger partial charge in [0.1, 0.15) is 0 Å². The van der Waals surface area contributed by atoms with Crippen LogP contribution in [0.4, 0.5) is 0 Å². The smallest absolute Gasteiger partial charge is 0.252 e. The van der Waals surface area contributed by atoms with Crippen molar-refractivity contribution in [2.45, 2.75) is 44.2 Å².